The molecule has 2 rings (SSSR count). The lowest BCUT2D eigenvalue weighted by atomic mass is 9.89. The lowest BCUT2D eigenvalue weighted by Gasteiger charge is -2.27. The minimum atomic E-state index is 0.437. The van der Waals surface area contributed by atoms with E-state index in [2.05, 4.69) is 25.2 Å². The zero-order valence-electron chi connectivity index (χ0n) is 11.6. The number of ether oxygens (including phenoxy) is 1. The van der Waals surface area contributed by atoms with Gasteiger partial charge in [-0.2, -0.15) is 0 Å². The molecule has 1 aromatic rings. The van der Waals surface area contributed by atoms with Crippen molar-refractivity contribution in [2.75, 3.05) is 19.8 Å². The summed E-state index contributed by atoms with van der Waals surface area (Å²) in [5.74, 6) is 1.83. The van der Waals surface area contributed by atoms with Crippen LogP contribution in [0.25, 0.3) is 0 Å². The monoisotopic (exact) mass is 251 g/mol. The van der Waals surface area contributed by atoms with Gasteiger partial charge < -0.3 is 14.5 Å². The van der Waals surface area contributed by atoms with Crippen molar-refractivity contribution >= 4 is 0 Å². The Bertz CT molecular complexity index is 342. The maximum absolute atomic E-state index is 5.45. The molecule has 2 heterocycles. The zero-order chi connectivity index (χ0) is 12.8. The van der Waals surface area contributed by atoms with E-state index in [4.69, 9.17) is 9.15 Å². The normalized spacial score (nSPS) is 19.0. The number of nitrogens with one attached hydrogen (secondary N) is 1. The molecular formula is C15H25NO2. The first-order valence-corrected chi connectivity index (χ1v) is 7.16. The fraction of sp³-hybridized carbons (Fsp3) is 0.733. The molecular weight excluding hydrogens is 226 g/mol. The summed E-state index contributed by atoms with van der Waals surface area (Å²) in [6, 6.07) is 2.55. The average molecular weight is 251 g/mol. The van der Waals surface area contributed by atoms with Crippen LogP contribution in [0.3, 0.4) is 0 Å². The van der Waals surface area contributed by atoms with Gasteiger partial charge in [0.1, 0.15) is 5.76 Å². The molecule has 0 aliphatic carbocycles. The second kappa shape index (κ2) is 6.95. The van der Waals surface area contributed by atoms with Gasteiger partial charge in [0.15, 0.2) is 0 Å². The minimum Gasteiger partial charge on any atom is -0.469 e. The van der Waals surface area contributed by atoms with E-state index in [1.165, 1.54) is 31.2 Å². The average Bonchev–Trinajstić information content (AvgIpc) is 2.82. The molecule has 18 heavy (non-hydrogen) atoms. The number of furan rings is 1. The third-order valence-electron chi connectivity index (χ3n) is 3.83. The van der Waals surface area contributed by atoms with Crippen molar-refractivity contribution in [2.45, 2.75) is 45.6 Å². The van der Waals surface area contributed by atoms with Crippen LogP contribution in [0.1, 0.15) is 50.0 Å². The van der Waals surface area contributed by atoms with Crippen molar-refractivity contribution in [3.8, 4) is 0 Å². The van der Waals surface area contributed by atoms with E-state index in [1.54, 1.807) is 6.26 Å². The smallest absolute Gasteiger partial charge is 0.105 e. The Hall–Kier alpha value is -0.800. The van der Waals surface area contributed by atoms with Crippen LogP contribution in [0, 0.1) is 12.8 Å². The van der Waals surface area contributed by atoms with E-state index in [-0.39, 0.29) is 0 Å². The quantitative estimate of drug-likeness (QED) is 0.841. The molecule has 0 radical (unpaired) electrons. The maximum Gasteiger partial charge on any atom is 0.105 e. The molecule has 3 heteroatoms. The molecule has 0 bridgehead atoms. The Labute approximate surface area is 110 Å². The number of hydrogen-bond donors (Lipinski definition) is 1. The van der Waals surface area contributed by atoms with Crippen LogP contribution in [-0.2, 0) is 4.74 Å². The fourth-order valence-electron chi connectivity index (χ4n) is 2.71. The first kappa shape index (κ1) is 13.6. The molecule has 0 saturated carbocycles. The number of rotatable bonds is 6. The molecule has 1 atom stereocenters. The molecule has 0 spiro atoms. The minimum absolute atomic E-state index is 0.437. The molecule has 1 aliphatic rings. The van der Waals surface area contributed by atoms with Crippen LogP contribution in [0.4, 0.5) is 0 Å². The van der Waals surface area contributed by atoms with Crippen molar-refractivity contribution < 1.29 is 9.15 Å². The van der Waals surface area contributed by atoms with Gasteiger partial charge in [-0.15, -0.1) is 0 Å². The first-order valence-electron chi connectivity index (χ1n) is 7.16. The van der Waals surface area contributed by atoms with Gasteiger partial charge >= 0.3 is 0 Å². The predicted octanol–water partition coefficient (Wildman–Crippen LogP) is 3.45. The van der Waals surface area contributed by atoms with E-state index >= 15 is 0 Å². The van der Waals surface area contributed by atoms with Crippen LogP contribution in [0.2, 0.25) is 0 Å². The molecule has 0 amide bonds. The largest absolute Gasteiger partial charge is 0.469 e. The predicted molar refractivity (Wildman–Crippen MR) is 72.6 cm³/mol. The van der Waals surface area contributed by atoms with Crippen molar-refractivity contribution in [1.29, 1.82) is 0 Å². The van der Waals surface area contributed by atoms with E-state index in [9.17, 15) is 0 Å². The highest BCUT2D eigenvalue weighted by Crippen LogP contribution is 2.29. The molecule has 3 nitrogen and oxygen atoms in total. The maximum atomic E-state index is 5.45. The zero-order valence-corrected chi connectivity index (χ0v) is 11.6. The Morgan fingerprint density at radius 2 is 2.17 bits per heavy atom. The first-order chi connectivity index (χ1) is 8.81. The van der Waals surface area contributed by atoms with Gasteiger partial charge in [0.2, 0.25) is 0 Å². The van der Waals surface area contributed by atoms with Crippen LogP contribution in [0.15, 0.2) is 16.7 Å². The summed E-state index contributed by atoms with van der Waals surface area (Å²) in [5, 5.41) is 3.66. The Kier molecular flexibility index (Phi) is 5.26. The third kappa shape index (κ3) is 3.59. The van der Waals surface area contributed by atoms with Crippen molar-refractivity contribution in [3.05, 3.63) is 23.7 Å². The fourth-order valence-corrected chi connectivity index (χ4v) is 2.71. The van der Waals surface area contributed by atoms with Crippen LogP contribution in [-0.4, -0.2) is 19.8 Å². The summed E-state index contributed by atoms with van der Waals surface area (Å²) in [6.45, 7) is 7.18. The standard InChI is InChI=1S/C15H25NO2/c1-3-7-16-15(14-6-10-18-12(14)2)11-13-4-8-17-9-5-13/h6,10,13,15-16H,3-5,7-9,11H2,1-2H3. The van der Waals surface area contributed by atoms with Gasteiger partial charge in [-0.25, -0.2) is 0 Å². The van der Waals surface area contributed by atoms with E-state index in [0.29, 0.717) is 6.04 Å². The lowest BCUT2D eigenvalue weighted by Crippen LogP contribution is -2.27. The molecule has 1 unspecified atom stereocenters. The second-order valence-electron chi connectivity index (χ2n) is 5.23. The molecule has 1 aliphatic heterocycles. The third-order valence-corrected chi connectivity index (χ3v) is 3.83. The summed E-state index contributed by atoms with van der Waals surface area (Å²) in [4.78, 5) is 0. The summed E-state index contributed by atoms with van der Waals surface area (Å²) in [6.07, 6.45) is 6.56. The highest BCUT2D eigenvalue weighted by Gasteiger charge is 2.22. The van der Waals surface area contributed by atoms with Crippen LogP contribution < -0.4 is 5.32 Å². The van der Waals surface area contributed by atoms with Gasteiger partial charge in [0, 0.05) is 24.8 Å². The second-order valence-corrected chi connectivity index (χ2v) is 5.23. The lowest BCUT2D eigenvalue weighted by molar-refractivity contribution is 0.0604. The molecule has 1 fully saturated rings. The Morgan fingerprint density at radius 3 is 2.78 bits per heavy atom. The van der Waals surface area contributed by atoms with Gasteiger partial charge in [-0.05, 0) is 51.1 Å². The van der Waals surface area contributed by atoms with Crippen molar-refractivity contribution in [1.82, 2.24) is 5.32 Å². The van der Waals surface area contributed by atoms with Gasteiger partial charge in [0.05, 0.1) is 6.26 Å². The molecule has 1 aromatic heterocycles. The summed E-state index contributed by atoms with van der Waals surface area (Å²) >= 11 is 0. The van der Waals surface area contributed by atoms with Crippen molar-refractivity contribution in [2.24, 2.45) is 5.92 Å². The SMILES string of the molecule is CCCNC(CC1CCOCC1)c1ccoc1C. The topological polar surface area (TPSA) is 34.4 Å². The van der Waals surface area contributed by atoms with Crippen LogP contribution in [0.5, 0.6) is 0 Å². The van der Waals surface area contributed by atoms with Gasteiger partial charge in [-0.1, -0.05) is 6.92 Å². The Morgan fingerprint density at radius 1 is 1.39 bits per heavy atom. The summed E-state index contributed by atoms with van der Waals surface area (Å²) < 4.78 is 10.9. The molecule has 1 N–H and O–H groups in total. The number of hydrogen-bond acceptors (Lipinski definition) is 3. The van der Waals surface area contributed by atoms with Crippen molar-refractivity contribution in [3.63, 3.8) is 0 Å². The van der Waals surface area contributed by atoms with E-state index in [1.807, 2.05) is 0 Å². The van der Waals surface area contributed by atoms with Gasteiger partial charge in [0.25, 0.3) is 0 Å². The Balaban J connectivity index is 1.98. The van der Waals surface area contributed by atoms with Gasteiger partial charge in [-0.3, -0.25) is 0 Å². The summed E-state index contributed by atoms with van der Waals surface area (Å²) in [5.41, 5.74) is 1.33. The van der Waals surface area contributed by atoms with E-state index < -0.39 is 0 Å². The highest BCUT2D eigenvalue weighted by atomic mass is 16.5. The van der Waals surface area contributed by atoms with E-state index in [0.717, 1.165) is 31.4 Å². The van der Waals surface area contributed by atoms with Crippen LogP contribution >= 0.6 is 0 Å². The number of aryl methyl sites for hydroxylation is 1. The molecule has 0 aromatic carbocycles. The summed E-state index contributed by atoms with van der Waals surface area (Å²) in [7, 11) is 0. The molecule has 102 valence electrons. The highest BCUT2D eigenvalue weighted by molar-refractivity contribution is 5.20. The molecule has 1 saturated heterocycles.